The lowest BCUT2D eigenvalue weighted by atomic mass is 9.89. The maximum absolute atomic E-state index is 13.1. The molecule has 1 saturated carbocycles. The zero-order chi connectivity index (χ0) is 18.4. The second-order valence-corrected chi connectivity index (χ2v) is 6.80. The molecule has 1 amide bonds. The van der Waals surface area contributed by atoms with Gasteiger partial charge >= 0.3 is 5.97 Å². The van der Waals surface area contributed by atoms with Crippen molar-refractivity contribution in [2.45, 2.75) is 38.2 Å². The van der Waals surface area contributed by atoms with Crippen molar-refractivity contribution in [3.05, 3.63) is 66.2 Å². The second kappa shape index (κ2) is 8.65. The molecule has 0 unspecified atom stereocenters. The number of rotatable bonds is 5. The van der Waals surface area contributed by atoms with Gasteiger partial charge in [-0.2, -0.15) is 0 Å². The summed E-state index contributed by atoms with van der Waals surface area (Å²) in [4.78, 5) is 27.3. The Labute approximate surface area is 154 Å². The van der Waals surface area contributed by atoms with Gasteiger partial charge in [-0.15, -0.1) is 0 Å². The fourth-order valence-corrected chi connectivity index (χ4v) is 3.39. The van der Waals surface area contributed by atoms with Crippen molar-refractivity contribution in [3.63, 3.8) is 0 Å². The highest BCUT2D eigenvalue weighted by Gasteiger charge is 2.31. The summed E-state index contributed by atoms with van der Waals surface area (Å²) in [5.41, 5.74) is 1.47. The van der Waals surface area contributed by atoms with E-state index in [2.05, 4.69) is 0 Å². The molecule has 0 saturated heterocycles. The molecule has 0 radical (unpaired) electrons. The zero-order valence-electron chi connectivity index (χ0n) is 15.1. The van der Waals surface area contributed by atoms with Gasteiger partial charge in [0.2, 0.25) is 6.10 Å². The molecule has 0 heterocycles. The molecule has 4 nitrogen and oxygen atoms in total. The summed E-state index contributed by atoms with van der Waals surface area (Å²) in [6, 6.07) is 18.6. The van der Waals surface area contributed by atoms with E-state index in [-0.39, 0.29) is 17.8 Å². The van der Waals surface area contributed by atoms with Gasteiger partial charge in [0.1, 0.15) is 0 Å². The monoisotopic (exact) mass is 351 g/mol. The van der Waals surface area contributed by atoms with Crippen molar-refractivity contribution in [2.75, 3.05) is 11.9 Å². The van der Waals surface area contributed by atoms with Crippen LogP contribution in [0, 0.1) is 5.92 Å². The molecule has 1 fully saturated rings. The average Bonchev–Trinajstić information content (AvgIpc) is 2.72. The van der Waals surface area contributed by atoms with Crippen molar-refractivity contribution in [1.29, 1.82) is 0 Å². The molecule has 136 valence electrons. The van der Waals surface area contributed by atoms with Crippen molar-refractivity contribution in [3.8, 4) is 0 Å². The maximum atomic E-state index is 13.1. The molecule has 0 aromatic heterocycles. The number of hydrogen-bond donors (Lipinski definition) is 0. The smallest absolute Gasteiger partial charge is 0.310 e. The van der Waals surface area contributed by atoms with Crippen LogP contribution < -0.4 is 4.90 Å². The Bertz CT molecular complexity index is 724. The first-order valence-corrected chi connectivity index (χ1v) is 9.25. The Morgan fingerprint density at radius 1 is 0.923 bits per heavy atom. The summed E-state index contributed by atoms with van der Waals surface area (Å²) in [7, 11) is 1.71. The van der Waals surface area contributed by atoms with E-state index < -0.39 is 6.10 Å². The standard InChI is InChI=1S/C22H25NO3/c1-23(19-15-9-4-10-16-19)21(24)20(17-11-5-2-6-12-17)26-22(25)18-13-7-3-8-14-18/h2,4-6,9-12,15-16,18,20H,3,7-8,13-14H2,1H3/t20-/m0/s1. The number of nitrogens with zero attached hydrogens (tertiary/aromatic N) is 1. The van der Waals surface area contributed by atoms with Gasteiger partial charge < -0.3 is 9.64 Å². The van der Waals surface area contributed by atoms with E-state index in [1.807, 2.05) is 60.7 Å². The molecule has 0 aliphatic heterocycles. The van der Waals surface area contributed by atoms with Crippen molar-refractivity contribution >= 4 is 17.6 Å². The van der Waals surface area contributed by atoms with E-state index >= 15 is 0 Å². The summed E-state index contributed by atoms with van der Waals surface area (Å²) >= 11 is 0. The second-order valence-electron chi connectivity index (χ2n) is 6.80. The first-order chi connectivity index (χ1) is 12.7. The number of likely N-dealkylation sites (N-methyl/N-ethyl adjacent to an activating group) is 1. The first kappa shape index (κ1) is 18.2. The third-order valence-electron chi connectivity index (χ3n) is 4.97. The van der Waals surface area contributed by atoms with Crippen LogP contribution in [-0.4, -0.2) is 18.9 Å². The average molecular weight is 351 g/mol. The number of anilines is 1. The number of esters is 1. The van der Waals surface area contributed by atoms with E-state index in [1.165, 1.54) is 6.42 Å². The van der Waals surface area contributed by atoms with Crippen molar-refractivity contribution in [2.24, 2.45) is 5.92 Å². The van der Waals surface area contributed by atoms with Gasteiger partial charge in [-0.3, -0.25) is 9.59 Å². The molecule has 2 aromatic carbocycles. The highest BCUT2D eigenvalue weighted by atomic mass is 16.5. The molecule has 2 aromatic rings. The quantitative estimate of drug-likeness (QED) is 0.744. The summed E-state index contributed by atoms with van der Waals surface area (Å²) in [5, 5.41) is 0. The number of carbonyl (C=O) groups excluding carboxylic acids is 2. The van der Waals surface area contributed by atoms with Gasteiger partial charge in [0.05, 0.1) is 5.92 Å². The van der Waals surface area contributed by atoms with Crippen LogP contribution in [0.1, 0.15) is 43.8 Å². The van der Waals surface area contributed by atoms with Crippen LogP contribution in [0.25, 0.3) is 0 Å². The number of carbonyl (C=O) groups is 2. The van der Waals surface area contributed by atoms with E-state index in [9.17, 15) is 9.59 Å². The van der Waals surface area contributed by atoms with Crippen LogP contribution in [0.4, 0.5) is 5.69 Å². The molecule has 0 N–H and O–H groups in total. The van der Waals surface area contributed by atoms with E-state index in [4.69, 9.17) is 4.74 Å². The molecular weight excluding hydrogens is 326 g/mol. The number of amides is 1. The van der Waals surface area contributed by atoms with E-state index in [0.29, 0.717) is 5.56 Å². The van der Waals surface area contributed by atoms with Gasteiger partial charge in [0.15, 0.2) is 0 Å². The Hall–Kier alpha value is -2.62. The Morgan fingerprint density at radius 2 is 1.50 bits per heavy atom. The van der Waals surface area contributed by atoms with Crippen LogP contribution in [0.5, 0.6) is 0 Å². The topological polar surface area (TPSA) is 46.6 Å². The number of hydrogen-bond acceptors (Lipinski definition) is 3. The summed E-state index contributed by atoms with van der Waals surface area (Å²) < 4.78 is 5.75. The van der Waals surface area contributed by atoms with Crippen LogP contribution in [0.2, 0.25) is 0 Å². The highest BCUT2D eigenvalue weighted by molar-refractivity contribution is 5.97. The molecular formula is C22H25NO3. The number of para-hydroxylation sites is 1. The molecule has 1 atom stereocenters. The van der Waals surface area contributed by atoms with Crippen molar-refractivity contribution in [1.82, 2.24) is 0 Å². The largest absolute Gasteiger partial charge is 0.447 e. The predicted octanol–water partition coefficient (Wildman–Crippen LogP) is 4.51. The summed E-state index contributed by atoms with van der Waals surface area (Å²) in [6.07, 6.45) is 4.05. The minimum Gasteiger partial charge on any atom is -0.447 e. The highest BCUT2D eigenvalue weighted by Crippen LogP contribution is 2.29. The Balaban J connectivity index is 1.81. The lowest BCUT2D eigenvalue weighted by molar-refractivity contribution is -0.160. The molecule has 1 aliphatic rings. The third-order valence-corrected chi connectivity index (χ3v) is 4.97. The summed E-state index contributed by atoms with van der Waals surface area (Å²) in [5.74, 6) is -0.593. The molecule has 0 bridgehead atoms. The van der Waals surface area contributed by atoms with Gasteiger partial charge in [0, 0.05) is 18.3 Å². The van der Waals surface area contributed by atoms with Crippen molar-refractivity contribution < 1.29 is 14.3 Å². The lowest BCUT2D eigenvalue weighted by Gasteiger charge is -2.27. The Morgan fingerprint density at radius 3 is 2.12 bits per heavy atom. The Kier molecular flexibility index (Phi) is 6.05. The van der Waals surface area contributed by atoms with Gasteiger partial charge in [-0.05, 0) is 25.0 Å². The normalized spacial score (nSPS) is 15.9. The summed E-state index contributed by atoms with van der Waals surface area (Å²) in [6.45, 7) is 0. The molecule has 26 heavy (non-hydrogen) atoms. The lowest BCUT2D eigenvalue weighted by Crippen LogP contribution is -2.35. The first-order valence-electron chi connectivity index (χ1n) is 9.25. The molecule has 3 rings (SSSR count). The molecule has 1 aliphatic carbocycles. The molecule has 4 heteroatoms. The van der Waals surface area contributed by atoms with Crippen LogP contribution >= 0.6 is 0 Å². The maximum Gasteiger partial charge on any atom is 0.310 e. The van der Waals surface area contributed by atoms with Crippen LogP contribution in [0.15, 0.2) is 60.7 Å². The number of benzene rings is 2. The fraction of sp³-hybridized carbons (Fsp3) is 0.364. The van der Waals surface area contributed by atoms with E-state index in [1.54, 1.807) is 11.9 Å². The van der Waals surface area contributed by atoms with Gasteiger partial charge in [-0.1, -0.05) is 67.8 Å². The van der Waals surface area contributed by atoms with Gasteiger partial charge in [0.25, 0.3) is 5.91 Å². The van der Waals surface area contributed by atoms with E-state index in [0.717, 1.165) is 31.4 Å². The minimum absolute atomic E-state index is 0.0928. The molecule has 0 spiro atoms. The van der Waals surface area contributed by atoms with Crippen LogP contribution in [-0.2, 0) is 14.3 Å². The fourth-order valence-electron chi connectivity index (χ4n) is 3.39. The van der Waals surface area contributed by atoms with Crippen LogP contribution in [0.3, 0.4) is 0 Å². The third kappa shape index (κ3) is 4.31. The predicted molar refractivity (Wildman–Crippen MR) is 102 cm³/mol. The van der Waals surface area contributed by atoms with Gasteiger partial charge in [-0.25, -0.2) is 0 Å². The zero-order valence-corrected chi connectivity index (χ0v) is 15.1. The SMILES string of the molecule is CN(C(=O)[C@@H](OC(=O)C1CCCCC1)c1ccccc1)c1ccccc1. The number of ether oxygens (including phenoxy) is 1. The minimum atomic E-state index is -0.921.